The number of aromatic amines is 1. The van der Waals surface area contributed by atoms with Crippen molar-refractivity contribution in [3.63, 3.8) is 0 Å². The Hall–Kier alpha value is -2.05. The minimum Gasteiger partial charge on any atom is -0.395 e. The number of likely N-dealkylation sites (tertiary alicyclic amines) is 1. The molecule has 2 heterocycles. The number of nitrogen functional groups attached to an aromatic ring is 1. The number of amides is 2. The van der Waals surface area contributed by atoms with Gasteiger partial charge in [0.25, 0.3) is 5.91 Å². The Labute approximate surface area is 116 Å². The van der Waals surface area contributed by atoms with E-state index in [0.29, 0.717) is 30.4 Å². The molecule has 2 aliphatic rings. The summed E-state index contributed by atoms with van der Waals surface area (Å²) in [4.78, 5) is 26.2. The lowest BCUT2D eigenvalue weighted by Gasteiger charge is -2.23. The van der Waals surface area contributed by atoms with E-state index in [1.54, 1.807) is 11.8 Å². The smallest absolute Gasteiger partial charge is 0.277 e. The van der Waals surface area contributed by atoms with Crippen molar-refractivity contribution in [2.45, 2.75) is 44.7 Å². The normalized spacial score (nSPS) is 22.1. The van der Waals surface area contributed by atoms with Gasteiger partial charge in [-0.3, -0.25) is 14.7 Å². The zero-order valence-electron chi connectivity index (χ0n) is 11.5. The molecule has 1 unspecified atom stereocenters. The van der Waals surface area contributed by atoms with Crippen molar-refractivity contribution in [2.24, 2.45) is 0 Å². The van der Waals surface area contributed by atoms with Gasteiger partial charge in [-0.1, -0.05) is 0 Å². The molecule has 2 amide bonds. The summed E-state index contributed by atoms with van der Waals surface area (Å²) in [6, 6.07) is -0.0859. The van der Waals surface area contributed by atoms with E-state index >= 15 is 0 Å². The number of carbonyl (C=O) groups is 2. The Morgan fingerprint density at radius 3 is 2.75 bits per heavy atom. The molecule has 7 nitrogen and oxygen atoms in total. The van der Waals surface area contributed by atoms with Gasteiger partial charge in [0.1, 0.15) is 6.04 Å². The van der Waals surface area contributed by atoms with Crippen LogP contribution < -0.4 is 11.1 Å². The molecule has 4 N–H and O–H groups in total. The van der Waals surface area contributed by atoms with Gasteiger partial charge in [0.2, 0.25) is 5.91 Å². The fourth-order valence-electron chi connectivity index (χ4n) is 2.54. The van der Waals surface area contributed by atoms with Crippen LogP contribution in [0.15, 0.2) is 0 Å². The van der Waals surface area contributed by atoms with E-state index in [2.05, 4.69) is 15.5 Å². The van der Waals surface area contributed by atoms with Gasteiger partial charge >= 0.3 is 0 Å². The Morgan fingerprint density at radius 2 is 2.15 bits per heavy atom. The van der Waals surface area contributed by atoms with Gasteiger partial charge in [-0.25, -0.2) is 0 Å². The van der Waals surface area contributed by atoms with Gasteiger partial charge in [-0.2, -0.15) is 5.10 Å². The molecule has 0 spiro atoms. The van der Waals surface area contributed by atoms with E-state index in [4.69, 9.17) is 5.73 Å². The number of carbonyl (C=O) groups excluding carboxylic acids is 2. The number of nitrogens with two attached hydrogens (primary N) is 1. The van der Waals surface area contributed by atoms with Crippen LogP contribution in [0, 0.1) is 6.92 Å². The second-order valence-electron chi connectivity index (χ2n) is 5.55. The summed E-state index contributed by atoms with van der Waals surface area (Å²) >= 11 is 0. The number of aryl methyl sites for hydroxylation is 1. The van der Waals surface area contributed by atoms with Crippen LogP contribution >= 0.6 is 0 Å². The molecule has 7 heteroatoms. The largest absolute Gasteiger partial charge is 0.395 e. The first-order valence-corrected chi connectivity index (χ1v) is 6.99. The van der Waals surface area contributed by atoms with Crippen LogP contribution in [0.5, 0.6) is 0 Å². The van der Waals surface area contributed by atoms with Crippen molar-refractivity contribution in [1.29, 1.82) is 0 Å². The maximum Gasteiger partial charge on any atom is 0.277 e. The molecule has 20 heavy (non-hydrogen) atoms. The van der Waals surface area contributed by atoms with Crippen LogP contribution in [0.25, 0.3) is 0 Å². The molecule has 1 saturated carbocycles. The van der Waals surface area contributed by atoms with Crippen molar-refractivity contribution in [2.75, 3.05) is 12.3 Å². The number of anilines is 1. The molecule has 3 rings (SSSR count). The van der Waals surface area contributed by atoms with Crippen LogP contribution in [0.4, 0.5) is 5.69 Å². The Bertz CT molecular complexity index is 549. The molecule has 1 aliphatic carbocycles. The van der Waals surface area contributed by atoms with E-state index < -0.39 is 0 Å². The fourth-order valence-corrected chi connectivity index (χ4v) is 2.54. The number of H-pyrrole nitrogens is 1. The zero-order chi connectivity index (χ0) is 14.3. The molecule has 1 atom stereocenters. The van der Waals surface area contributed by atoms with Crippen molar-refractivity contribution >= 4 is 17.5 Å². The lowest BCUT2D eigenvalue weighted by molar-refractivity contribution is -0.125. The molecule has 1 aliphatic heterocycles. The monoisotopic (exact) mass is 277 g/mol. The number of hydrogen-bond donors (Lipinski definition) is 3. The number of rotatable bonds is 3. The van der Waals surface area contributed by atoms with Gasteiger partial charge in [0.15, 0.2) is 5.69 Å². The second-order valence-corrected chi connectivity index (χ2v) is 5.55. The van der Waals surface area contributed by atoms with Gasteiger partial charge < -0.3 is 16.0 Å². The predicted molar refractivity (Wildman–Crippen MR) is 73.0 cm³/mol. The third kappa shape index (κ3) is 2.23. The van der Waals surface area contributed by atoms with Gasteiger partial charge in [0, 0.05) is 12.6 Å². The Balaban J connectivity index is 1.75. The van der Waals surface area contributed by atoms with Crippen LogP contribution in [-0.4, -0.2) is 45.5 Å². The molecule has 1 aromatic rings. The van der Waals surface area contributed by atoms with Gasteiger partial charge in [-0.15, -0.1) is 0 Å². The van der Waals surface area contributed by atoms with Crippen LogP contribution in [-0.2, 0) is 4.79 Å². The Kier molecular flexibility index (Phi) is 3.11. The molecule has 1 saturated heterocycles. The molecule has 2 fully saturated rings. The predicted octanol–water partition coefficient (Wildman–Crippen LogP) is 0.184. The number of nitrogens with zero attached hydrogens (tertiary/aromatic N) is 2. The highest BCUT2D eigenvalue weighted by Crippen LogP contribution is 2.25. The average molecular weight is 277 g/mol. The first kappa shape index (κ1) is 13.0. The summed E-state index contributed by atoms with van der Waals surface area (Å²) in [5, 5.41) is 9.62. The van der Waals surface area contributed by atoms with Crippen LogP contribution in [0.1, 0.15) is 41.9 Å². The van der Waals surface area contributed by atoms with Crippen molar-refractivity contribution in [3.8, 4) is 0 Å². The topological polar surface area (TPSA) is 104 Å². The molecule has 0 aromatic carbocycles. The fraction of sp³-hybridized carbons (Fsp3) is 0.615. The first-order valence-electron chi connectivity index (χ1n) is 6.99. The van der Waals surface area contributed by atoms with Gasteiger partial charge in [-0.05, 0) is 32.6 Å². The number of aromatic nitrogens is 2. The quantitative estimate of drug-likeness (QED) is 0.733. The first-order chi connectivity index (χ1) is 9.58. The van der Waals surface area contributed by atoms with Crippen LogP contribution in [0.3, 0.4) is 0 Å². The SMILES string of the molecule is Cc1[nH]nc(C(=O)N2CCCC2C(=O)NC2CC2)c1N. The lowest BCUT2D eigenvalue weighted by Crippen LogP contribution is -2.46. The van der Waals surface area contributed by atoms with Crippen molar-refractivity contribution in [3.05, 3.63) is 11.4 Å². The highest BCUT2D eigenvalue weighted by atomic mass is 16.2. The van der Waals surface area contributed by atoms with E-state index in [1.807, 2.05) is 0 Å². The average Bonchev–Trinajstić information content (AvgIpc) is 2.99. The number of nitrogens with one attached hydrogen (secondary N) is 2. The highest BCUT2D eigenvalue weighted by Gasteiger charge is 2.38. The number of hydrogen-bond acceptors (Lipinski definition) is 4. The van der Waals surface area contributed by atoms with Gasteiger partial charge in [0.05, 0.1) is 11.4 Å². The second kappa shape index (κ2) is 4.81. The summed E-state index contributed by atoms with van der Waals surface area (Å²) in [5.74, 6) is -0.315. The van der Waals surface area contributed by atoms with Crippen molar-refractivity contribution < 1.29 is 9.59 Å². The summed E-state index contributed by atoms with van der Waals surface area (Å²) in [6.07, 6.45) is 3.61. The Morgan fingerprint density at radius 1 is 1.40 bits per heavy atom. The maximum atomic E-state index is 12.5. The summed E-state index contributed by atoms with van der Waals surface area (Å²) < 4.78 is 0. The van der Waals surface area contributed by atoms with Crippen LogP contribution in [0.2, 0.25) is 0 Å². The lowest BCUT2D eigenvalue weighted by atomic mass is 10.2. The molecule has 0 radical (unpaired) electrons. The van der Waals surface area contributed by atoms with E-state index in [-0.39, 0.29) is 23.6 Å². The highest BCUT2D eigenvalue weighted by molar-refractivity contribution is 6.00. The third-order valence-electron chi connectivity index (χ3n) is 3.94. The molecular formula is C13H19N5O2. The minimum absolute atomic E-state index is 0.0517. The molecule has 1 aromatic heterocycles. The molecular weight excluding hydrogens is 258 g/mol. The third-order valence-corrected chi connectivity index (χ3v) is 3.94. The summed E-state index contributed by atoms with van der Waals surface area (Å²) in [7, 11) is 0. The van der Waals surface area contributed by atoms with E-state index in [9.17, 15) is 9.59 Å². The molecule has 108 valence electrons. The summed E-state index contributed by atoms with van der Waals surface area (Å²) in [5.41, 5.74) is 7.09. The minimum atomic E-state index is -0.389. The van der Waals surface area contributed by atoms with E-state index in [1.165, 1.54) is 0 Å². The maximum absolute atomic E-state index is 12.5. The van der Waals surface area contributed by atoms with E-state index in [0.717, 1.165) is 19.3 Å². The standard InChI is InChI=1S/C13H19N5O2/c1-7-10(14)11(17-16-7)13(20)18-6-2-3-9(18)12(19)15-8-4-5-8/h8-9H,2-6,14H2,1H3,(H,15,19)(H,16,17). The zero-order valence-corrected chi connectivity index (χ0v) is 11.5. The summed E-state index contributed by atoms with van der Waals surface area (Å²) in [6.45, 7) is 2.34. The molecule has 0 bridgehead atoms. The van der Waals surface area contributed by atoms with Crippen molar-refractivity contribution in [1.82, 2.24) is 20.4 Å².